The lowest BCUT2D eigenvalue weighted by molar-refractivity contribution is -0.137. The maximum Gasteiger partial charge on any atom is 0.534 e. The number of hydrogen-bond donors (Lipinski definition) is 1. The molecule has 13 heteroatoms. The van der Waals surface area contributed by atoms with Crippen LogP contribution in [0.3, 0.4) is 0 Å². The third kappa shape index (κ3) is 7.19. The highest BCUT2D eigenvalue weighted by molar-refractivity contribution is 7.88. The van der Waals surface area contributed by atoms with Crippen LogP contribution in [-0.4, -0.2) is 31.5 Å². The summed E-state index contributed by atoms with van der Waals surface area (Å²) in [7, 11) is -6.42. The molecule has 2 aromatic rings. The molecule has 0 spiro atoms. The van der Waals surface area contributed by atoms with Crippen molar-refractivity contribution in [3.63, 3.8) is 0 Å². The Balaban J connectivity index is 2.15. The van der Waals surface area contributed by atoms with Crippen molar-refractivity contribution in [2.45, 2.75) is 53.0 Å². The minimum absolute atomic E-state index is 0.000169. The van der Waals surface area contributed by atoms with Crippen LogP contribution in [0.5, 0.6) is 5.75 Å². The smallest absolute Gasteiger partial charge is 0.481 e. The Hall–Kier alpha value is -4.26. The number of aryl methyl sites for hydroxylation is 1. The zero-order chi connectivity index (χ0) is 33.5. The number of benzene rings is 3. The molecular formula is C32H30F5NO6S. The van der Waals surface area contributed by atoms with Crippen molar-refractivity contribution in [1.29, 1.82) is 0 Å². The summed E-state index contributed by atoms with van der Waals surface area (Å²) in [5.41, 5.74) is -3.65. The largest absolute Gasteiger partial charge is 0.534 e. The molecule has 0 saturated carbocycles. The van der Waals surface area contributed by atoms with Gasteiger partial charge in [0.2, 0.25) is 11.6 Å². The third-order valence-electron chi connectivity index (χ3n) is 6.78. The molecule has 2 aromatic carbocycles. The van der Waals surface area contributed by atoms with Crippen molar-refractivity contribution in [3.8, 4) is 28.2 Å². The van der Waals surface area contributed by atoms with Gasteiger partial charge in [0.05, 0.1) is 5.36 Å². The first-order valence-electron chi connectivity index (χ1n) is 13.7. The number of alkyl halides is 3. The first-order valence-corrected chi connectivity index (χ1v) is 15.1. The lowest BCUT2D eigenvalue weighted by Crippen LogP contribution is -2.28. The van der Waals surface area contributed by atoms with Gasteiger partial charge < -0.3 is 13.7 Å². The van der Waals surface area contributed by atoms with Crippen molar-refractivity contribution in [3.05, 3.63) is 76.7 Å². The topological polar surface area (TPSA) is 106 Å². The van der Waals surface area contributed by atoms with Gasteiger partial charge >= 0.3 is 21.6 Å². The fourth-order valence-electron chi connectivity index (χ4n) is 4.95. The number of allylic oxidation sites excluding steroid dienone is 2. The summed E-state index contributed by atoms with van der Waals surface area (Å²) in [5, 5.41) is 9.21. The second-order valence-electron chi connectivity index (χ2n) is 11.6. The van der Waals surface area contributed by atoms with Crippen LogP contribution in [0.4, 0.5) is 22.0 Å². The second kappa shape index (κ2) is 12.3. The van der Waals surface area contributed by atoms with Gasteiger partial charge in [-0.2, -0.15) is 26.0 Å². The lowest BCUT2D eigenvalue weighted by Gasteiger charge is -2.20. The van der Waals surface area contributed by atoms with Crippen LogP contribution < -0.4 is 9.54 Å². The van der Waals surface area contributed by atoms with Crippen molar-refractivity contribution < 1.29 is 48.9 Å². The molecule has 0 radical (unpaired) electrons. The van der Waals surface area contributed by atoms with E-state index in [9.17, 15) is 26.4 Å². The number of carboxylic acid groups (broad SMARTS) is 1. The summed E-state index contributed by atoms with van der Waals surface area (Å²) in [6.45, 7) is 9.72. The van der Waals surface area contributed by atoms with Crippen LogP contribution >= 0.6 is 0 Å². The molecule has 2 aliphatic rings. The Kier molecular flexibility index (Phi) is 9.16. The number of carbonyl (C=O) groups is 1. The number of aliphatic carboxylic acids is 1. The Bertz CT molecular complexity index is 1970. The van der Waals surface area contributed by atoms with E-state index in [4.69, 9.17) is 9.52 Å². The predicted octanol–water partition coefficient (Wildman–Crippen LogP) is 8.23. The van der Waals surface area contributed by atoms with Crippen molar-refractivity contribution in [1.82, 2.24) is 0 Å². The Labute approximate surface area is 256 Å². The first kappa shape index (κ1) is 33.6. The maximum atomic E-state index is 15.8. The fraction of sp³-hybridized carbons (Fsp3) is 0.312. The number of halogens is 5. The van der Waals surface area contributed by atoms with Gasteiger partial charge in [0, 0.05) is 41.1 Å². The molecule has 0 saturated heterocycles. The standard InChI is InChI=1S/C32H30F5NO6S/c1-17-9-6-7-10-19(17)27-21-13-20(18(2)16-31(3,4)5)24(38-12-8-11-26(39)40)15-25(21)43-29-22(27)14-23(33)30(28(29)34)44-45(41,42)32(35,36)37/h6-7,9-10,13-16H,8,11-12H2,1-5H3,(H,39,40)/b18-16-,38-24?. The van der Waals surface area contributed by atoms with E-state index in [1.807, 2.05) is 33.8 Å². The van der Waals surface area contributed by atoms with Gasteiger partial charge in [-0.15, -0.1) is 0 Å². The number of hydrogen-bond acceptors (Lipinski definition) is 6. The van der Waals surface area contributed by atoms with E-state index in [1.54, 1.807) is 37.3 Å². The molecule has 1 aliphatic carbocycles. The van der Waals surface area contributed by atoms with Crippen LogP contribution in [-0.2, 0) is 14.9 Å². The van der Waals surface area contributed by atoms with Gasteiger partial charge in [-0.3, -0.25) is 9.79 Å². The average molecular weight is 652 g/mol. The maximum absolute atomic E-state index is 15.8. The van der Waals surface area contributed by atoms with E-state index in [2.05, 4.69) is 9.18 Å². The molecule has 240 valence electrons. The number of rotatable bonds is 8. The van der Waals surface area contributed by atoms with Gasteiger partial charge in [-0.05, 0) is 54.5 Å². The number of carboxylic acids is 1. The van der Waals surface area contributed by atoms with Gasteiger partial charge in [0.15, 0.2) is 11.4 Å². The second-order valence-corrected chi connectivity index (χ2v) is 13.1. The molecule has 1 heterocycles. The molecule has 7 nitrogen and oxygen atoms in total. The summed E-state index contributed by atoms with van der Waals surface area (Å²) < 4.78 is 103. The normalized spacial score (nSPS) is 13.6. The van der Waals surface area contributed by atoms with Crippen molar-refractivity contribution in [2.24, 2.45) is 10.4 Å². The van der Waals surface area contributed by atoms with Gasteiger partial charge in [0.25, 0.3) is 0 Å². The Morgan fingerprint density at radius 2 is 1.73 bits per heavy atom. The molecule has 0 bridgehead atoms. The van der Waals surface area contributed by atoms with Gasteiger partial charge in [0.1, 0.15) is 5.76 Å². The molecule has 45 heavy (non-hydrogen) atoms. The van der Waals surface area contributed by atoms with E-state index in [1.165, 1.54) is 6.07 Å². The van der Waals surface area contributed by atoms with E-state index in [0.717, 1.165) is 5.57 Å². The SMILES string of the molecule is C/C(=C/C(C)(C)C)c1cc2c(-c3ccccc3C)c3cc(F)c(OS(=O)(=O)C(F)(F)F)c(F)c3oc-2cc1=NCCCC(=O)O. The molecule has 4 rings (SSSR count). The van der Waals surface area contributed by atoms with Crippen LogP contribution in [0.15, 0.2) is 58.0 Å². The highest BCUT2D eigenvalue weighted by Gasteiger charge is 2.49. The molecule has 0 fully saturated rings. The molecule has 0 atom stereocenters. The zero-order valence-corrected chi connectivity index (χ0v) is 25.8. The lowest BCUT2D eigenvalue weighted by atomic mass is 9.87. The minimum Gasteiger partial charge on any atom is -0.481 e. The summed E-state index contributed by atoms with van der Waals surface area (Å²) in [6, 6.07) is 10.8. The van der Waals surface area contributed by atoms with E-state index in [0.29, 0.717) is 33.7 Å². The average Bonchev–Trinajstić information content (AvgIpc) is 2.91. The van der Waals surface area contributed by atoms with Crippen LogP contribution in [0.1, 0.15) is 51.7 Å². The predicted molar refractivity (Wildman–Crippen MR) is 159 cm³/mol. The van der Waals surface area contributed by atoms with E-state index in [-0.39, 0.29) is 41.5 Å². The molecule has 0 aromatic heterocycles. The molecule has 0 unspecified atom stereocenters. The Morgan fingerprint density at radius 1 is 1.07 bits per heavy atom. The molecular weight excluding hydrogens is 621 g/mol. The third-order valence-corrected chi connectivity index (χ3v) is 7.73. The van der Waals surface area contributed by atoms with Crippen LogP contribution in [0.25, 0.3) is 39.0 Å². The summed E-state index contributed by atoms with van der Waals surface area (Å²) >= 11 is 0. The first-order chi connectivity index (χ1) is 20.8. The van der Waals surface area contributed by atoms with Crippen molar-refractivity contribution in [2.75, 3.05) is 6.54 Å². The van der Waals surface area contributed by atoms with Gasteiger partial charge in [-0.25, -0.2) is 4.39 Å². The number of nitrogens with zero attached hydrogens (tertiary/aromatic N) is 1. The van der Waals surface area contributed by atoms with E-state index < -0.39 is 44.6 Å². The fourth-order valence-corrected chi connectivity index (χ4v) is 5.42. The molecule has 0 amide bonds. The van der Waals surface area contributed by atoms with E-state index >= 15 is 8.78 Å². The molecule has 1 N–H and O–H groups in total. The summed E-state index contributed by atoms with van der Waals surface area (Å²) in [5.74, 6) is -6.27. The van der Waals surface area contributed by atoms with Gasteiger partial charge in [-0.1, -0.05) is 51.1 Å². The van der Waals surface area contributed by atoms with Crippen LogP contribution in [0.2, 0.25) is 0 Å². The minimum atomic E-state index is -6.42. The highest BCUT2D eigenvalue weighted by atomic mass is 32.2. The summed E-state index contributed by atoms with van der Waals surface area (Å²) in [6.07, 6.45) is 2.09. The monoisotopic (exact) mass is 651 g/mol. The summed E-state index contributed by atoms with van der Waals surface area (Å²) in [4.78, 5) is 15.6. The Morgan fingerprint density at radius 3 is 2.33 bits per heavy atom. The highest BCUT2D eigenvalue weighted by Crippen LogP contribution is 2.45. The number of fused-ring (bicyclic) bond motifs is 2. The van der Waals surface area contributed by atoms with Crippen LogP contribution in [0, 0.1) is 24.0 Å². The quantitative estimate of drug-likeness (QED) is 0.0677. The molecule has 1 aliphatic heterocycles. The van der Waals surface area contributed by atoms with Crippen molar-refractivity contribution >= 4 is 32.6 Å². The zero-order valence-electron chi connectivity index (χ0n) is 25.0.